The Hall–Kier alpha value is -0.570. The molecule has 0 radical (unpaired) electrons. The molecule has 1 aromatic carbocycles. The molecule has 0 amide bonds. The molecule has 1 aliphatic rings. The molecule has 0 aliphatic carbocycles. The predicted octanol–water partition coefficient (Wildman–Crippen LogP) is 2.26. The van der Waals surface area contributed by atoms with Crippen molar-refractivity contribution in [2.24, 2.45) is 0 Å². The zero-order chi connectivity index (χ0) is 10.2. The van der Waals surface area contributed by atoms with Gasteiger partial charge in [-0.15, -0.1) is 0 Å². The molecule has 3 heteroatoms. The van der Waals surface area contributed by atoms with Crippen molar-refractivity contribution < 1.29 is 9.84 Å². The summed E-state index contributed by atoms with van der Waals surface area (Å²) in [6.07, 6.45) is 0.647. The first-order valence-electron chi connectivity index (χ1n) is 4.69. The van der Waals surface area contributed by atoms with Crippen molar-refractivity contribution in [1.29, 1.82) is 0 Å². The molecule has 14 heavy (non-hydrogen) atoms. The normalized spacial score (nSPS) is 26.8. The highest BCUT2D eigenvalue weighted by Gasteiger charge is 2.35. The van der Waals surface area contributed by atoms with Crippen LogP contribution in [0.3, 0.4) is 0 Å². The lowest BCUT2D eigenvalue weighted by atomic mass is 9.90. The Balaban J connectivity index is 2.44. The summed E-state index contributed by atoms with van der Waals surface area (Å²) in [6, 6.07) is 5.58. The largest absolute Gasteiger partial charge is 0.383 e. The number of hydrogen-bond acceptors (Lipinski definition) is 2. The molecule has 1 fully saturated rings. The van der Waals surface area contributed by atoms with Crippen molar-refractivity contribution >= 4 is 11.6 Å². The first-order valence-corrected chi connectivity index (χ1v) is 5.06. The van der Waals surface area contributed by atoms with E-state index < -0.39 is 5.60 Å². The fraction of sp³-hybridized carbons (Fsp3) is 0.455. The Bertz CT molecular complexity index is 343. The van der Waals surface area contributed by atoms with Crippen LogP contribution < -0.4 is 0 Å². The van der Waals surface area contributed by atoms with Gasteiger partial charge in [-0.05, 0) is 30.2 Å². The van der Waals surface area contributed by atoms with Gasteiger partial charge < -0.3 is 9.84 Å². The highest BCUT2D eigenvalue weighted by Crippen LogP contribution is 2.33. The maximum Gasteiger partial charge on any atom is 0.115 e. The van der Waals surface area contributed by atoms with E-state index >= 15 is 0 Å². The van der Waals surface area contributed by atoms with Gasteiger partial charge >= 0.3 is 0 Å². The molecule has 1 N–H and O–H groups in total. The van der Waals surface area contributed by atoms with Crippen molar-refractivity contribution in [2.75, 3.05) is 13.2 Å². The van der Waals surface area contributed by atoms with E-state index in [-0.39, 0.29) is 0 Å². The number of rotatable bonds is 1. The zero-order valence-electron chi connectivity index (χ0n) is 8.09. The molecular weight excluding hydrogens is 200 g/mol. The SMILES string of the molecule is Cc1ccc(Cl)cc1C1(O)CCOC1. The van der Waals surface area contributed by atoms with Gasteiger partial charge in [0.05, 0.1) is 6.61 Å². The first-order chi connectivity index (χ1) is 6.62. The third-order valence-electron chi connectivity index (χ3n) is 2.70. The quantitative estimate of drug-likeness (QED) is 0.774. The number of halogens is 1. The molecule has 1 atom stereocenters. The van der Waals surface area contributed by atoms with Gasteiger partial charge in [0.2, 0.25) is 0 Å². The topological polar surface area (TPSA) is 29.5 Å². The second-order valence-electron chi connectivity index (χ2n) is 3.79. The molecule has 0 spiro atoms. The van der Waals surface area contributed by atoms with Crippen LogP contribution in [-0.4, -0.2) is 18.3 Å². The highest BCUT2D eigenvalue weighted by atomic mass is 35.5. The lowest BCUT2D eigenvalue weighted by Gasteiger charge is -2.23. The monoisotopic (exact) mass is 212 g/mol. The molecule has 0 bridgehead atoms. The van der Waals surface area contributed by atoms with Crippen molar-refractivity contribution in [3.8, 4) is 0 Å². The molecule has 1 heterocycles. The second-order valence-corrected chi connectivity index (χ2v) is 4.23. The highest BCUT2D eigenvalue weighted by molar-refractivity contribution is 6.30. The van der Waals surface area contributed by atoms with Crippen LogP contribution in [0.5, 0.6) is 0 Å². The first kappa shape index (κ1) is 9.97. The van der Waals surface area contributed by atoms with Crippen LogP contribution in [0.25, 0.3) is 0 Å². The molecule has 76 valence electrons. The lowest BCUT2D eigenvalue weighted by Crippen LogP contribution is -2.26. The van der Waals surface area contributed by atoms with Crippen LogP contribution in [0, 0.1) is 6.92 Å². The van der Waals surface area contributed by atoms with Gasteiger partial charge in [0.25, 0.3) is 0 Å². The smallest absolute Gasteiger partial charge is 0.115 e. The molecule has 0 aromatic heterocycles. The van der Waals surface area contributed by atoms with Crippen LogP contribution in [0.1, 0.15) is 17.5 Å². The third-order valence-corrected chi connectivity index (χ3v) is 2.94. The van der Waals surface area contributed by atoms with Crippen molar-refractivity contribution in [1.82, 2.24) is 0 Å². The summed E-state index contributed by atoms with van der Waals surface area (Å²) < 4.78 is 5.22. The second kappa shape index (κ2) is 3.54. The van der Waals surface area contributed by atoms with Crippen molar-refractivity contribution in [3.63, 3.8) is 0 Å². The summed E-state index contributed by atoms with van der Waals surface area (Å²) >= 11 is 5.91. The summed E-state index contributed by atoms with van der Waals surface area (Å²) in [6.45, 7) is 2.96. The average Bonchev–Trinajstić information content (AvgIpc) is 2.58. The minimum atomic E-state index is -0.838. The number of aliphatic hydroxyl groups is 1. The fourth-order valence-corrected chi connectivity index (χ4v) is 2.03. The fourth-order valence-electron chi connectivity index (χ4n) is 1.86. The molecule has 1 aliphatic heterocycles. The Morgan fingerprint density at radius 3 is 2.93 bits per heavy atom. The van der Waals surface area contributed by atoms with Crippen LogP contribution in [-0.2, 0) is 10.3 Å². The number of benzene rings is 1. The molecule has 2 nitrogen and oxygen atoms in total. The van der Waals surface area contributed by atoms with Crippen molar-refractivity contribution in [2.45, 2.75) is 18.9 Å². The minimum Gasteiger partial charge on any atom is -0.383 e. The Labute approximate surface area is 88.5 Å². The average molecular weight is 213 g/mol. The van der Waals surface area contributed by atoms with Crippen LogP contribution >= 0.6 is 11.6 Å². The Morgan fingerprint density at radius 1 is 1.50 bits per heavy atom. The summed E-state index contributed by atoms with van der Waals surface area (Å²) in [4.78, 5) is 0. The van der Waals surface area contributed by atoms with Crippen molar-refractivity contribution in [3.05, 3.63) is 34.3 Å². The molecule has 1 aromatic rings. The van der Waals surface area contributed by atoms with E-state index in [4.69, 9.17) is 16.3 Å². The predicted molar refractivity (Wildman–Crippen MR) is 55.5 cm³/mol. The van der Waals surface area contributed by atoms with Crippen LogP contribution in [0.4, 0.5) is 0 Å². The Kier molecular flexibility index (Phi) is 2.52. The number of hydrogen-bond donors (Lipinski definition) is 1. The van der Waals surface area contributed by atoms with E-state index in [2.05, 4.69) is 0 Å². The van der Waals surface area contributed by atoms with Gasteiger partial charge in [0.1, 0.15) is 5.60 Å². The van der Waals surface area contributed by atoms with E-state index in [0.717, 1.165) is 11.1 Å². The maximum absolute atomic E-state index is 10.3. The minimum absolute atomic E-state index is 0.369. The van der Waals surface area contributed by atoms with Gasteiger partial charge in [0, 0.05) is 18.1 Å². The van der Waals surface area contributed by atoms with E-state index in [1.165, 1.54) is 0 Å². The maximum atomic E-state index is 10.3. The van der Waals surface area contributed by atoms with Gasteiger partial charge in [-0.25, -0.2) is 0 Å². The molecule has 2 rings (SSSR count). The molecule has 1 unspecified atom stereocenters. The summed E-state index contributed by atoms with van der Waals surface area (Å²) in [5, 5.41) is 10.9. The lowest BCUT2D eigenvalue weighted by molar-refractivity contribution is 0.0227. The number of ether oxygens (including phenoxy) is 1. The summed E-state index contributed by atoms with van der Waals surface area (Å²) in [5.41, 5.74) is 1.11. The van der Waals surface area contributed by atoms with Crippen LogP contribution in [0.15, 0.2) is 18.2 Å². The van der Waals surface area contributed by atoms with Gasteiger partial charge in [-0.1, -0.05) is 17.7 Å². The van der Waals surface area contributed by atoms with E-state index in [1.807, 2.05) is 25.1 Å². The van der Waals surface area contributed by atoms with Gasteiger partial charge in [-0.2, -0.15) is 0 Å². The summed E-state index contributed by atoms with van der Waals surface area (Å²) in [7, 11) is 0. The molecule has 1 saturated heterocycles. The number of aryl methyl sites for hydroxylation is 1. The summed E-state index contributed by atoms with van der Waals surface area (Å²) in [5.74, 6) is 0. The zero-order valence-corrected chi connectivity index (χ0v) is 8.84. The molecule has 0 saturated carbocycles. The van der Waals surface area contributed by atoms with E-state index in [0.29, 0.717) is 24.7 Å². The van der Waals surface area contributed by atoms with Gasteiger partial charge in [0.15, 0.2) is 0 Å². The van der Waals surface area contributed by atoms with Gasteiger partial charge in [-0.3, -0.25) is 0 Å². The standard InChI is InChI=1S/C11H13ClO2/c1-8-2-3-9(12)6-10(8)11(13)4-5-14-7-11/h2-3,6,13H,4-5,7H2,1H3. The molecular formula is C11H13ClO2. The van der Waals surface area contributed by atoms with E-state index in [9.17, 15) is 5.11 Å². The Morgan fingerprint density at radius 2 is 2.29 bits per heavy atom. The van der Waals surface area contributed by atoms with Crippen LogP contribution in [0.2, 0.25) is 5.02 Å². The van der Waals surface area contributed by atoms with E-state index in [1.54, 1.807) is 0 Å². The third kappa shape index (κ3) is 1.65.